The second-order valence-electron chi connectivity index (χ2n) is 10.1. The summed E-state index contributed by atoms with van der Waals surface area (Å²) in [5.41, 5.74) is 3.62. The first-order valence-corrected chi connectivity index (χ1v) is 13.2. The number of pyridine rings is 1. The standard InChI is InChI=1S/C26H30N6O4.C3H7NO/c1-16-14-19(15-17(2)27-16)20-21(18-10-8-7-9-11-18)28-23(29-24(33)36-26(3,4)5)32-22(20)30-31(25(32)34)12-13-35-6;1-2-4-3-5/h7-11,14-15H,12-13H2,1-6H3,(H,28,29,33);3H,2H2,1H3,(H,4,5). The molecular formula is C29H37N7O5. The van der Waals surface area contributed by atoms with E-state index in [2.05, 4.69) is 20.7 Å². The molecule has 2 N–H and O–H groups in total. The van der Waals surface area contributed by atoms with Crippen molar-refractivity contribution >= 4 is 24.1 Å². The molecule has 0 radical (unpaired) electrons. The Morgan fingerprint density at radius 2 is 1.71 bits per heavy atom. The van der Waals surface area contributed by atoms with Crippen LogP contribution in [-0.2, 0) is 20.8 Å². The molecule has 1 aromatic carbocycles. The van der Waals surface area contributed by atoms with Crippen LogP contribution in [0.4, 0.5) is 10.7 Å². The van der Waals surface area contributed by atoms with Crippen LogP contribution in [0.25, 0.3) is 28.0 Å². The van der Waals surface area contributed by atoms with Crippen LogP contribution in [0.15, 0.2) is 47.3 Å². The number of carbonyl (C=O) groups excluding carboxylic acids is 2. The van der Waals surface area contributed by atoms with Gasteiger partial charge >= 0.3 is 11.8 Å². The fourth-order valence-electron chi connectivity index (χ4n) is 4.01. The Bertz CT molecular complexity index is 1540. The van der Waals surface area contributed by atoms with Crippen LogP contribution in [0, 0.1) is 13.8 Å². The summed E-state index contributed by atoms with van der Waals surface area (Å²) in [5, 5.41) is 9.74. The molecule has 0 aliphatic carbocycles. The number of hydrogen-bond donors (Lipinski definition) is 2. The summed E-state index contributed by atoms with van der Waals surface area (Å²) in [6, 6.07) is 13.4. The Labute approximate surface area is 238 Å². The fraction of sp³-hybridized carbons (Fsp3) is 0.379. The third-order valence-electron chi connectivity index (χ3n) is 5.55. The summed E-state index contributed by atoms with van der Waals surface area (Å²) in [6.45, 7) is 12.2. The van der Waals surface area contributed by atoms with Gasteiger partial charge in [-0.3, -0.25) is 15.1 Å². The number of amides is 2. The van der Waals surface area contributed by atoms with Gasteiger partial charge < -0.3 is 14.8 Å². The lowest BCUT2D eigenvalue weighted by molar-refractivity contribution is -0.109. The Hall–Kier alpha value is -4.58. The molecule has 0 bridgehead atoms. The largest absolute Gasteiger partial charge is 0.444 e. The van der Waals surface area contributed by atoms with Crippen LogP contribution in [0.1, 0.15) is 39.1 Å². The number of hydrogen-bond acceptors (Lipinski definition) is 8. The molecule has 3 aromatic heterocycles. The molecule has 3 heterocycles. The van der Waals surface area contributed by atoms with Gasteiger partial charge in [-0.2, -0.15) is 0 Å². The lowest BCUT2D eigenvalue weighted by Crippen LogP contribution is -2.30. The van der Waals surface area contributed by atoms with Gasteiger partial charge in [0.15, 0.2) is 5.65 Å². The summed E-state index contributed by atoms with van der Waals surface area (Å²) in [5.74, 6) is 0.0121. The van der Waals surface area contributed by atoms with Crippen LogP contribution in [0.5, 0.6) is 0 Å². The monoisotopic (exact) mass is 563 g/mol. The van der Waals surface area contributed by atoms with Gasteiger partial charge in [0.2, 0.25) is 12.4 Å². The van der Waals surface area contributed by atoms with Crippen LogP contribution >= 0.6 is 0 Å². The zero-order chi connectivity index (χ0) is 30.2. The molecule has 0 aliphatic heterocycles. The number of rotatable bonds is 8. The quantitative estimate of drug-likeness (QED) is 0.307. The maximum atomic E-state index is 13.5. The van der Waals surface area contributed by atoms with E-state index in [9.17, 15) is 14.4 Å². The number of benzene rings is 1. The third kappa shape index (κ3) is 7.98. The summed E-state index contributed by atoms with van der Waals surface area (Å²) in [7, 11) is 1.55. The van der Waals surface area contributed by atoms with Crippen LogP contribution in [0.2, 0.25) is 0 Å². The zero-order valence-electron chi connectivity index (χ0n) is 24.5. The van der Waals surface area contributed by atoms with Crippen molar-refractivity contribution in [2.75, 3.05) is 25.6 Å². The van der Waals surface area contributed by atoms with E-state index in [1.807, 2.05) is 63.2 Å². The summed E-state index contributed by atoms with van der Waals surface area (Å²) < 4.78 is 13.2. The van der Waals surface area contributed by atoms with E-state index in [0.29, 0.717) is 29.9 Å². The van der Waals surface area contributed by atoms with Crippen LogP contribution < -0.4 is 16.3 Å². The van der Waals surface area contributed by atoms with Crippen molar-refractivity contribution in [3.05, 3.63) is 64.3 Å². The lowest BCUT2D eigenvalue weighted by atomic mass is 9.99. The highest BCUT2D eigenvalue weighted by Gasteiger charge is 2.25. The molecule has 12 nitrogen and oxygen atoms in total. The highest BCUT2D eigenvalue weighted by Crippen LogP contribution is 2.35. The number of fused-ring (bicyclic) bond motifs is 1. The maximum Gasteiger partial charge on any atom is 0.414 e. The van der Waals surface area contributed by atoms with E-state index in [0.717, 1.165) is 29.1 Å². The lowest BCUT2D eigenvalue weighted by Gasteiger charge is -2.20. The molecule has 4 aromatic rings. The van der Waals surface area contributed by atoms with Crippen molar-refractivity contribution in [2.45, 2.75) is 53.7 Å². The van der Waals surface area contributed by atoms with E-state index in [1.54, 1.807) is 27.9 Å². The minimum Gasteiger partial charge on any atom is -0.444 e. The molecule has 0 unspecified atom stereocenters. The molecule has 218 valence electrons. The number of nitrogens with one attached hydrogen (secondary N) is 2. The van der Waals surface area contributed by atoms with Gasteiger partial charge in [-0.25, -0.2) is 23.7 Å². The summed E-state index contributed by atoms with van der Waals surface area (Å²) in [4.78, 5) is 44.7. The minimum absolute atomic E-state index is 0.0121. The number of nitrogens with zero attached hydrogens (tertiary/aromatic N) is 5. The second kappa shape index (κ2) is 13.7. The Morgan fingerprint density at radius 1 is 1.05 bits per heavy atom. The van der Waals surface area contributed by atoms with Crippen molar-refractivity contribution in [3.63, 3.8) is 0 Å². The van der Waals surface area contributed by atoms with Crippen molar-refractivity contribution in [1.82, 2.24) is 29.5 Å². The highest BCUT2D eigenvalue weighted by molar-refractivity contribution is 5.92. The van der Waals surface area contributed by atoms with Gasteiger partial charge in [0.25, 0.3) is 0 Å². The molecular weight excluding hydrogens is 526 g/mol. The topological polar surface area (TPSA) is 142 Å². The SMILES string of the molecule is CCNC=O.COCCn1nc2c(-c3cc(C)nc(C)c3)c(-c3ccccc3)nc(NC(=O)OC(C)(C)C)n2c1=O. The zero-order valence-corrected chi connectivity index (χ0v) is 24.5. The first-order chi connectivity index (χ1) is 19.5. The third-order valence-corrected chi connectivity index (χ3v) is 5.55. The first-order valence-electron chi connectivity index (χ1n) is 13.2. The molecule has 12 heteroatoms. The summed E-state index contributed by atoms with van der Waals surface area (Å²) >= 11 is 0. The van der Waals surface area contributed by atoms with E-state index in [1.165, 1.54) is 9.08 Å². The van der Waals surface area contributed by atoms with Gasteiger partial charge in [0, 0.05) is 30.6 Å². The molecule has 41 heavy (non-hydrogen) atoms. The maximum absolute atomic E-state index is 13.5. The number of carbonyl (C=O) groups is 2. The van der Waals surface area contributed by atoms with Gasteiger partial charge in [0.05, 0.1) is 24.4 Å². The van der Waals surface area contributed by atoms with Crippen LogP contribution in [-0.4, -0.2) is 62.5 Å². The smallest absolute Gasteiger partial charge is 0.414 e. The molecule has 0 aliphatic rings. The molecule has 0 spiro atoms. The van der Waals surface area contributed by atoms with Gasteiger partial charge in [-0.15, -0.1) is 5.10 Å². The predicted octanol–water partition coefficient (Wildman–Crippen LogP) is 3.98. The second-order valence-corrected chi connectivity index (χ2v) is 10.1. The average molecular weight is 564 g/mol. The first kappa shape index (κ1) is 31.0. The van der Waals surface area contributed by atoms with E-state index in [4.69, 9.17) is 14.5 Å². The molecule has 0 fully saturated rings. The normalized spacial score (nSPS) is 11.0. The van der Waals surface area contributed by atoms with E-state index < -0.39 is 17.4 Å². The van der Waals surface area contributed by atoms with Crippen molar-refractivity contribution in [1.29, 1.82) is 0 Å². The summed E-state index contributed by atoms with van der Waals surface area (Å²) in [6.07, 6.45) is -0.0461. The Morgan fingerprint density at radius 3 is 2.24 bits per heavy atom. The Kier molecular flexibility index (Phi) is 10.3. The van der Waals surface area contributed by atoms with E-state index >= 15 is 0 Å². The van der Waals surface area contributed by atoms with Gasteiger partial charge in [0.1, 0.15) is 5.60 Å². The van der Waals surface area contributed by atoms with Crippen molar-refractivity contribution in [2.24, 2.45) is 0 Å². The average Bonchev–Trinajstić information content (AvgIpc) is 3.23. The highest BCUT2D eigenvalue weighted by atomic mass is 16.6. The number of ether oxygens (including phenoxy) is 2. The Balaban J connectivity index is 0.000000850. The minimum atomic E-state index is -0.731. The predicted molar refractivity (Wildman–Crippen MR) is 157 cm³/mol. The number of aromatic nitrogens is 5. The van der Waals surface area contributed by atoms with Gasteiger partial charge in [-0.05, 0) is 59.2 Å². The molecule has 0 saturated carbocycles. The molecule has 4 rings (SSSR count). The molecule has 0 saturated heterocycles. The molecule has 0 atom stereocenters. The number of aryl methyl sites for hydroxylation is 2. The number of anilines is 1. The van der Waals surface area contributed by atoms with Crippen molar-refractivity contribution in [3.8, 4) is 22.4 Å². The molecule has 2 amide bonds. The van der Waals surface area contributed by atoms with Crippen molar-refractivity contribution < 1.29 is 19.1 Å². The fourth-order valence-corrected chi connectivity index (χ4v) is 4.01. The van der Waals surface area contributed by atoms with E-state index in [-0.39, 0.29) is 12.5 Å². The van der Waals surface area contributed by atoms with Crippen LogP contribution in [0.3, 0.4) is 0 Å². The number of methoxy groups -OCH3 is 1. The van der Waals surface area contributed by atoms with Gasteiger partial charge in [-0.1, -0.05) is 30.3 Å².